The summed E-state index contributed by atoms with van der Waals surface area (Å²) in [5, 5.41) is 9.76. The van der Waals surface area contributed by atoms with Crippen LogP contribution in [-0.4, -0.2) is 17.7 Å². The van der Waals surface area contributed by atoms with E-state index in [0.29, 0.717) is 11.3 Å². The summed E-state index contributed by atoms with van der Waals surface area (Å²) in [6.07, 6.45) is 0. The Kier molecular flexibility index (Phi) is 2.82. The van der Waals surface area contributed by atoms with Crippen molar-refractivity contribution in [2.24, 2.45) is 0 Å². The molecule has 2 aromatic rings. The molecule has 0 bridgehead atoms. The van der Waals surface area contributed by atoms with Gasteiger partial charge in [0.15, 0.2) is 5.41 Å². The summed E-state index contributed by atoms with van der Waals surface area (Å²) in [4.78, 5) is 11.9. The lowest BCUT2D eigenvalue weighted by Crippen LogP contribution is -2.38. The van der Waals surface area contributed by atoms with Crippen molar-refractivity contribution < 1.29 is 14.6 Å². The number of benzene rings is 2. The molecule has 1 aliphatic rings. The van der Waals surface area contributed by atoms with Gasteiger partial charge in [-0.1, -0.05) is 42.5 Å². The molecule has 1 aliphatic heterocycles. The number of carbonyl (C=O) groups is 1. The maximum atomic E-state index is 11.9. The fourth-order valence-electron chi connectivity index (χ4n) is 2.51. The Hall–Kier alpha value is -1.81. The lowest BCUT2D eigenvalue weighted by molar-refractivity contribution is -0.142. The second-order valence-corrected chi connectivity index (χ2v) is 5.34. The van der Waals surface area contributed by atoms with Crippen molar-refractivity contribution in [3.63, 3.8) is 0 Å². The van der Waals surface area contributed by atoms with Gasteiger partial charge in [0.1, 0.15) is 12.4 Å². The van der Waals surface area contributed by atoms with Crippen molar-refractivity contribution in [1.29, 1.82) is 0 Å². The van der Waals surface area contributed by atoms with Crippen LogP contribution >= 0.6 is 15.9 Å². The summed E-state index contributed by atoms with van der Waals surface area (Å²) in [5.74, 6) is -0.274. The van der Waals surface area contributed by atoms with Crippen molar-refractivity contribution in [3.05, 3.63) is 64.1 Å². The van der Waals surface area contributed by atoms with Crippen LogP contribution in [0.3, 0.4) is 0 Å². The Bertz CT molecular complexity index is 639. The Morgan fingerprint density at radius 2 is 1.89 bits per heavy atom. The Morgan fingerprint density at radius 1 is 1.16 bits per heavy atom. The van der Waals surface area contributed by atoms with Crippen LogP contribution < -0.4 is 4.74 Å². The number of hydrogen-bond donors (Lipinski definition) is 1. The van der Waals surface area contributed by atoms with Crippen LogP contribution in [0.15, 0.2) is 53.0 Å². The first kappa shape index (κ1) is 12.2. The molecule has 0 aliphatic carbocycles. The topological polar surface area (TPSA) is 46.5 Å². The van der Waals surface area contributed by atoms with Gasteiger partial charge in [0, 0.05) is 5.56 Å². The van der Waals surface area contributed by atoms with Crippen LogP contribution in [0.1, 0.15) is 11.1 Å². The van der Waals surface area contributed by atoms with Crippen LogP contribution in [0.25, 0.3) is 0 Å². The number of aliphatic carboxylic acids is 1. The fourth-order valence-corrected chi connectivity index (χ4v) is 2.99. The summed E-state index contributed by atoms with van der Waals surface area (Å²) in [5.41, 5.74) is 0.306. The Labute approximate surface area is 119 Å². The van der Waals surface area contributed by atoms with E-state index in [-0.39, 0.29) is 6.61 Å². The second kappa shape index (κ2) is 4.38. The molecule has 0 saturated heterocycles. The molecule has 1 N–H and O–H groups in total. The van der Waals surface area contributed by atoms with Crippen LogP contribution in [-0.2, 0) is 10.2 Å². The number of rotatable bonds is 2. The van der Waals surface area contributed by atoms with Crippen molar-refractivity contribution in [3.8, 4) is 5.75 Å². The lowest BCUT2D eigenvalue weighted by Gasteiger charge is -2.23. The van der Waals surface area contributed by atoms with Crippen LogP contribution in [0.5, 0.6) is 5.75 Å². The summed E-state index contributed by atoms with van der Waals surface area (Å²) in [6.45, 7) is 0.115. The molecule has 3 nitrogen and oxygen atoms in total. The molecular formula is C15H11BrO3. The number of fused-ring (bicyclic) bond motifs is 1. The predicted octanol–water partition coefficient (Wildman–Crippen LogP) is 3.21. The molecule has 4 heteroatoms. The molecule has 1 atom stereocenters. The summed E-state index contributed by atoms with van der Waals surface area (Å²) in [7, 11) is 0. The first-order valence-electron chi connectivity index (χ1n) is 5.87. The molecule has 0 fully saturated rings. The zero-order valence-electron chi connectivity index (χ0n) is 9.97. The van der Waals surface area contributed by atoms with Crippen LogP contribution in [0.4, 0.5) is 0 Å². The minimum Gasteiger partial charge on any atom is -0.490 e. The molecule has 1 heterocycles. The number of hydrogen-bond acceptors (Lipinski definition) is 2. The second-order valence-electron chi connectivity index (χ2n) is 4.48. The highest BCUT2D eigenvalue weighted by Crippen LogP contribution is 2.46. The number of ether oxygens (including phenoxy) is 1. The van der Waals surface area contributed by atoms with Crippen molar-refractivity contribution in [2.45, 2.75) is 5.41 Å². The van der Waals surface area contributed by atoms with Gasteiger partial charge in [0.2, 0.25) is 0 Å². The van der Waals surface area contributed by atoms with Crippen LogP contribution in [0.2, 0.25) is 0 Å². The van der Waals surface area contributed by atoms with Gasteiger partial charge >= 0.3 is 5.97 Å². The SMILES string of the molecule is O=C(O)C1(c2ccccc2)COc2c(Br)cccc21. The first-order valence-corrected chi connectivity index (χ1v) is 6.66. The molecule has 19 heavy (non-hydrogen) atoms. The quantitative estimate of drug-likeness (QED) is 0.924. The van der Waals surface area contributed by atoms with Gasteiger partial charge < -0.3 is 9.84 Å². The number of para-hydroxylation sites is 1. The fraction of sp³-hybridized carbons (Fsp3) is 0.133. The molecular weight excluding hydrogens is 308 g/mol. The van der Waals surface area contributed by atoms with Gasteiger partial charge in [-0.05, 0) is 27.6 Å². The minimum atomic E-state index is -1.12. The average Bonchev–Trinajstić information content (AvgIpc) is 2.82. The molecule has 0 aromatic heterocycles. The van der Waals surface area contributed by atoms with Gasteiger partial charge in [-0.2, -0.15) is 0 Å². The van der Waals surface area contributed by atoms with Crippen molar-refractivity contribution >= 4 is 21.9 Å². The van der Waals surface area contributed by atoms with Gasteiger partial charge in [-0.3, -0.25) is 4.79 Å². The predicted molar refractivity (Wildman–Crippen MR) is 74.5 cm³/mol. The van der Waals surface area contributed by atoms with E-state index in [2.05, 4.69) is 15.9 Å². The zero-order chi connectivity index (χ0) is 13.5. The van der Waals surface area contributed by atoms with Gasteiger partial charge in [-0.15, -0.1) is 0 Å². The van der Waals surface area contributed by atoms with E-state index in [1.807, 2.05) is 48.5 Å². The molecule has 2 aromatic carbocycles. The van der Waals surface area contributed by atoms with E-state index < -0.39 is 11.4 Å². The Morgan fingerprint density at radius 3 is 2.58 bits per heavy atom. The maximum absolute atomic E-state index is 11.9. The standard InChI is InChI=1S/C15H11BrO3/c16-12-8-4-7-11-13(12)19-9-15(11,14(17)18)10-5-2-1-3-6-10/h1-8H,9H2,(H,17,18). The molecule has 1 unspecified atom stereocenters. The molecule has 0 amide bonds. The largest absolute Gasteiger partial charge is 0.490 e. The number of carboxylic acid groups (broad SMARTS) is 1. The van der Waals surface area contributed by atoms with E-state index in [4.69, 9.17) is 4.74 Å². The molecule has 0 saturated carbocycles. The summed E-state index contributed by atoms with van der Waals surface area (Å²) < 4.78 is 6.41. The third-order valence-electron chi connectivity index (χ3n) is 3.49. The average molecular weight is 319 g/mol. The third kappa shape index (κ3) is 1.67. The van der Waals surface area contributed by atoms with E-state index in [9.17, 15) is 9.90 Å². The first-order chi connectivity index (χ1) is 9.16. The van der Waals surface area contributed by atoms with E-state index in [0.717, 1.165) is 10.0 Å². The number of carboxylic acids is 1. The van der Waals surface area contributed by atoms with E-state index >= 15 is 0 Å². The Balaban J connectivity index is 2.28. The highest BCUT2D eigenvalue weighted by atomic mass is 79.9. The highest BCUT2D eigenvalue weighted by Gasteiger charge is 2.49. The lowest BCUT2D eigenvalue weighted by atomic mass is 9.76. The smallest absolute Gasteiger partial charge is 0.322 e. The zero-order valence-corrected chi connectivity index (χ0v) is 11.6. The maximum Gasteiger partial charge on any atom is 0.322 e. The van der Waals surface area contributed by atoms with Gasteiger partial charge in [-0.25, -0.2) is 0 Å². The summed E-state index contributed by atoms with van der Waals surface area (Å²) >= 11 is 3.40. The van der Waals surface area contributed by atoms with Crippen LogP contribution in [0, 0.1) is 0 Å². The summed E-state index contributed by atoms with van der Waals surface area (Å²) in [6, 6.07) is 14.7. The van der Waals surface area contributed by atoms with E-state index in [1.54, 1.807) is 0 Å². The van der Waals surface area contributed by atoms with Crippen molar-refractivity contribution in [2.75, 3.05) is 6.61 Å². The molecule has 0 spiro atoms. The minimum absolute atomic E-state index is 0.115. The van der Waals surface area contributed by atoms with E-state index in [1.165, 1.54) is 0 Å². The number of halogens is 1. The molecule has 96 valence electrons. The monoisotopic (exact) mass is 318 g/mol. The molecule has 3 rings (SSSR count). The van der Waals surface area contributed by atoms with Gasteiger partial charge in [0.05, 0.1) is 4.47 Å². The normalized spacial score (nSPS) is 20.7. The van der Waals surface area contributed by atoms with Crippen molar-refractivity contribution in [1.82, 2.24) is 0 Å². The van der Waals surface area contributed by atoms with Gasteiger partial charge in [0.25, 0.3) is 0 Å². The highest BCUT2D eigenvalue weighted by molar-refractivity contribution is 9.10. The molecule has 0 radical (unpaired) electrons. The third-order valence-corrected chi connectivity index (χ3v) is 4.12.